The molecular weight excluding hydrogens is 182 g/mol. The second-order valence-electron chi connectivity index (χ2n) is 4.53. The zero-order chi connectivity index (χ0) is 11.3. The van der Waals surface area contributed by atoms with Crippen LogP contribution in [-0.2, 0) is 6.42 Å². The molecular formula is C14H23N. The average Bonchev–Trinajstić information content (AvgIpc) is 2.20. The molecule has 1 unspecified atom stereocenters. The van der Waals surface area contributed by atoms with Crippen LogP contribution in [0, 0.1) is 13.8 Å². The van der Waals surface area contributed by atoms with Crippen molar-refractivity contribution in [3.05, 3.63) is 34.9 Å². The molecule has 0 aliphatic carbocycles. The second-order valence-corrected chi connectivity index (χ2v) is 4.53. The van der Waals surface area contributed by atoms with Crippen LogP contribution >= 0.6 is 0 Å². The van der Waals surface area contributed by atoms with Crippen molar-refractivity contribution in [3.63, 3.8) is 0 Å². The smallest absolute Gasteiger partial charge is 0.00793 e. The molecule has 1 aromatic rings. The van der Waals surface area contributed by atoms with Gasteiger partial charge in [0.25, 0.3) is 0 Å². The third-order valence-electron chi connectivity index (χ3n) is 3.00. The number of unbranched alkanes of at least 4 members (excludes halogenated alkanes) is 1. The van der Waals surface area contributed by atoms with Crippen LogP contribution in [0.5, 0.6) is 0 Å². The van der Waals surface area contributed by atoms with Crippen molar-refractivity contribution in [2.75, 3.05) is 0 Å². The summed E-state index contributed by atoms with van der Waals surface area (Å²) < 4.78 is 0. The number of hydrogen-bond acceptors (Lipinski definition) is 1. The van der Waals surface area contributed by atoms with Crippen LogP contribution in [0.3, 0.4) is 0 Å². The van der Waals surface area contributed by atoms with E-state index in [1.165, 1.54) is 29.5 Å². The van der Waals surface area contributed by atoms with Crippen molar-refractivity contribution in [1.29, 1.82) is 0 Å². The lowest BCUT2D eigenvalue weighted by atomic mass is 9.99. The van der Waals surface area contributed by atoms with Crippen LogP contribution in [0.1, 0.15) is 42.9 Å². The van der Waals surface area contributed by atoms with Gasteiger partial charge in [-0.3, -0.25) is 0 Å². The minimum Gasteiger partial charge on any atom is -0.327 e. The molecule has 2 N–H and O–H groups in total. The molecule has 0 spiro atoms. The van der Waals surface area contributed by atoms with E-state index in [1.807, 2.05) is 0 Å². The quantitative estimate of drug-likeness (QED) is 0.783. The second kappa shape index (κ2) is 5.92. The van der Waals surface area contributed by atoms with Gasteiger partial charge in [-0.25, -0.2) is 0 Å². The Bertz CT molecular complexity index is 304. The van der Waals surface area contributed by atoms with Crippen LogP contribution in [0.15, 0.2) is 18.2 Å². The van der Waals surface area contributed by atoms with Gasteiger partial charge in [0.1, 0.15) is 0 Å². The first kappa shape index (κ1) is 12.3. The highest BCUT2D eigenvalue weighted by Gasteiger charge is 2.04. The van der Waals surface area contributed by atoms with Crippen LogP contribution < -0.4 is 5.73 Å². The van der Waals surface area contributed by atoms with Gasteiger partial charge < -0.3 is 5.73 Å². The molecule has 0 saturated heterocycles. The number of rotatable bonds is 5. The molecule has 0 fully saturated rings. The van der Waals surface area contributed by atoms with Gasteiger partial charge in [0.2, 0.25) is 0 Å². The third kappa shape index (κ3) is 4.05. The molecule has 0 aromatic heterocycles. The molecule has 0 heterocycles. The van der Waals surface area contributed by atoms with Gasteiger partial charge >= 0.3 is 0 Å². The van der Waals surface area contributed by atoms with Gasteiger partial charge in [0.05, 0.1) is 0 Å². The fourth-order valence-electron chi connectivity index (χ4n) is 1.80. The molecule has 15 heavy (non-hydrogen) atoms. The van der Waals surface area contributed by atoms with Crippen LogP contribution in [0.25, 0.3) is 0 Å². The first-order valence-corrected chi connectivity index (χ1v) is 5.95. The molecule has 1 nitrogen and oxygen atoms in total. The Hall–Kier alpha value is -0.820. The Balaban J connectivity index is 2.53. The largest absolute Gasteiger partial charge is 0.327 e. The zero-order valence-electron chi connectivity index (χ0n) is 10.2. The number of hydrogen-bond donors (Lipinski definition) is 1. The summed E-state index contributed by atoms with van der Waals surface area (Å²) >= 11 is 0. The molecule has 1 aromatic carbocycles. The van der Waals surface area contributed by atoms with Gasteiger partial charge in [0, 0.05) is 6.04 Å². The molecule has 0 amide bonds. The average molecular weight is 205 g/mol. The molecule has 0 bridgehead atoms. The summed E-state index contributed by atoms with van der Waals surface area (Å²) in [5, 5.41) is 0. The highest BCUT2D eigenvalue weighted by molar-refractivity contribution is 5.30. The summed E-state index contributed by atoms with van der Waals surface area (Å²) in [7, 11) is 0. The van der Waals surface area contributed by atoms with Gasteiger partial charge in [-0.1, -0.05) is 38.0 Å². The monoisotopic (exact) mass is 205 g/mol. The molecule has 84 valence electrons. The molecule has 0 aliphatic heterocycles. The molecule has 0 saturated carbocycles. The molecule has 1 heteroatoms. The van der Waals surface area contributed by atoms with E-state index in [9.17, 15) is 0 Å². The van der Waals surface area contributed by atoms with Crippen LogP contribution in [-0.4, -0.2) is 6.04 Å². The molecule has 0 radical (unpaired) electrons. The van der Waals surface area contributed by atoms with E-state index < -0.39 is 0 Å². The molecule has 0 aliphatic rings. The molecule has 1 rings (SSSR count). The van der Waals surface area contributed by atoms with Crippen molar-refractivity contribution in [2.24, 2.45) is 5.73 Å². The fourth-order valence-corrected chi connectivity index (χ4v) is 1.80. The van der Waals surface area contributed by atoms with Crippen molar-refractivity contribution in [2.45, 2.75) is 52.5 Å². The third-order valence-corrected chi connectivity index (χ3v) is 3.00. The fraction of sp³-hybridized carbons (Fsp3) is 0.571. The van der Waals surface area contributed by atoms with Crippen LogP contribution in [0.4, 0.5) is 0 Å². The van der Waals surface area contributed by atoms with E-state index in [4.69, 9.17) is 5.73 Å². The van der Waals surface area contributed by atoms with Crippen molar-refractivity contribution >= 4 is 0 Å². The summed E-state index contributed by atoms with van der Waals surface area (Å²) in [6.45, 7) is 6.52. The SMILES string of the molecule is CCCCC(N)Cc1ccc(C)c(C)c1. The number of aryl methyl sites for hydroxylation is 2. The first-order valence-electron chi connectivity index (χ1n) is 5.95. The van der Waals surface area contributed by atoms with Crippen molar-refractivity contribution in [3.8, 4) is 0 Å². The highest BCUT2D eigenvalue weighted by atomic mass is 14.6. The van der Waals surface area contributed by atoms with E-state index in [2.05, 4.69) is 39.0 Å². The van der Waals surface area contributed by atoms with Crippen LogP contribution in [0.2, 0.25) is 0 Å². The summed E-state index contributed by atoms with van der Waals surface area (Å²) in [5.41, 5.74) is 10.2. The van der Waals surface area contributed by atoms with E-state index >= 15 is 0 Å². The summed E-state index contributed by atoms with van der Waals surface area (Å²) in [6.07, 6.45) is 4.64. The summed E-state index contributed by atoms with van der Waals surface area (Å²) in [6, 6.07) is 6.99. The van der Waals surface area contributed by atoms with E-state index in [1.54, 1.807) is 0 Å². The topological polar surface area (TPSA) is 26.0 Å². The predicted octanol–water partition coefficient (Wildman–Crippen LogP) is 3.36. The van der Waals surface area contributed by atoms with Gasteiger partial charge in [-0.2, -0.15) is 0 Å². The maximum absolute atomic E-state index is 6.08. The van der Waals surface area contributed by atoms with E-state index in [-0.39, 0.29) is 0 Å². The standard InChI is InChI=1S/C14H23N/c1-4-5-6-14(15)10-13-8-7-11(2)12(3)9-13/h7-9,14H,4-6,10,15H2,1-3H3. The lowest BCUT2D eigenvalue weighted by Crippen LogP contribution is -2.22. The van der Waals surface area contributed by atoms with Gasteiger partial charge in [0.15, 0.2) is 0 Å². The van der Waals surface area contributed by atoms with E-state index in [0.717, 1.165) is 12.8 Å². The number of benzene rings is 1. The zero-order valence-corrected chi connectivity index (χ0v) is 10.2. The Morgan fingerprint density at radius 1 is 1.20 bits per heavy atom. The lowest BCUT2D eigenvalue weighted by Gasteiger charge is -2.12. The minimum absolute atomic E-state index is 0.326. The summed E-state index contributed by atoms with van der Waals surface area (Å²) in [4.78, 5) is 0. The minimum atomic E-state index is 0.326. The first-order chi connectivity index (χ1) is 7.13. The Labute approximate surface area is 93.7 Å². The van der Waals surface area contributed by atoms with E-state index in [0.29, 0.717) is 6.04 Å². The maximum atomic E-state index is 6.08. The summed E-state index contributed by atoms with van der Waals surface area (Å²) in [5.74, 6) is 0. The molecule has 1 atom stereocenters. The van der Waals surface area contributed by atoms with Gasteiger partial charge in [-0.15, -0.1) is 0 Å². The highest BCUT2D eigenvalue weighted by Crippen LogP contribution is 2.12. The lowest BCUT2D eigenvalue weighted by molar-refractivity contribution is 0.574. The predicted molar refractivity (Wildman–Crippen MR) is 67.1 cm³/mol. The Morgan fingerprint density at radius 3 is 2.53 bits per heavy atom. The number of nitrogens with two attached hydrogens (primary N) is 1. The Morgan fingerprint density at radius 2 is 1.93 bits per heavy atom. The normalized spacial score (nSPS) is 12.8. The Kier molecular flexibility index (Phi) is 4.83. The maximum Gasteiger partial charge on any atom is 0.00793 e. The van der Waals surface area contributed by atoms with Crippen molar-refractivity contribution < 1.29 is 0 Å². The van der Waals surface area contributed by atoms with Gasteiger partial charge in [-0.05, 0) is 43.4 Å². The van der Waals surface area contributed by atoms with Crippen molar-refractivity contribution in [1.82, 2.24) is 0 Å².